The van der Waals surface area contributed by atoms with Crippen molar-refractivity contribution in [1.82, 2.24) is 0 Å². The lowest BCUT2D eigenvalue weighted by molar-refractivity contribution is 0.155. The van der Waals surface area contributed by atoms with Crippen LogP contribution in [0.4, 0.5) is 5.69 Å². The van der Waals surface area contributed by atoms with Crippen molar-refractivity contribution in [2.24, 2.45) is 16.7 Å². The summed E-state index contributed by atoms with van der Waals surface area (Å²) in [6.45, 7) is 7.19. The molecule has 2 fully saturated rings. The number of halogens is 2. The minimum atomic E-state index is 0.318. The first-order chi connectivity index (χ1) is 8.84. The molecule has 1 aromatic carbocycles. The highest BCUT2D eigenvalue weighted by molar-refractivity contribution is 6.43. The van der Waals surface area contributed by atoms with Crippen molar-refractivity contribution in [2.75, 3.05) is 5.32 Å². The first kappa shape index (κ1) is 13.6. The molecule has 0 aliphatic heterocycles. The fraction of sp³-hybridized carbons (Fsp3) is 0.625. The number of anilines is 1. The van der Waals surface area contributed by atoms with E-state index in [1.807, 2.05) is 18.2 Å². The van der Waals surface area contributed by atoms with Gasteiger partial charge >= 0.3 is 0 Å². The Bertz CT molecular complexity index is 507. The maximum Gasteiger partial charge on any atom is 0.0823 e. The molecule has 0 heterocycles. The van der Waals surface area contributed by atoms with Crippen molar-refractivity contribution in [1.29, 1.82) is 0 Å². The maximum atomic E-state index is 6.32. The van der Waals surface area contributed by atoms with Crippen LogP contribution in [0.15, 0.2) is 18.2 Å². The van der Waals surface area contributed by atoms with Gasteiger partial charge < -0.3 is 5.32 Å². The van der Waals surface area contributed by atoms with Crippen molar-refractivity contribution >= 4 is 28.9 Å². The Hall–Kier alpha value is -0.400. The van der Waals surface area contributed by atoms with Crippen LogP contribution in [-0.4, -0.2) is 6.04 Å². The second-order valence-electron chi connectivity index (χ2n) is 7.09. The van der Waals surface area contributed by atoms with Crippen LogP contribution in [0.25, 0.3) is 0 Å². The second-order valence-corrected chi connectivity index (χ2v) is 7.88. The molecule has 1 aromatic rings. The number of benzene rings is 1. The molecule has 104 valence electrons. The molecule has 0 aromatic heterocycles. The van der Waals surface area contributed by atoms with Crippen LogP contribution >= 0.6 is 23.2 Å². The number of rotatable bonds is 2. The molecular weight excluding hydrogens is 277 g/mol. The van der Waals surface area contributed by atoms with E-state index in [0.717, 1.165) is 11.6 Å². The zero-order valence-corrected chi connectivity index (χ0v) is 13.3. The van der Waals surface area contributed by atoms with E-state index in [2.05, 4.69) is 26.1 Å². The van der Waals surface area contributed by atoms with Crippen molar-refractivity contribution in [3.05, 3.63) is 28.2 Å². The number of hydrogen-bond donors (Lipinski definition) is 1. The van der Waals surface area contributed by atoms with Crippen LogP contribution in [0.5, 0.6) is 0 Å². The van der Waals surface area contributed by atoms with Gasteiger partial charge in [-0.2, -0.15) is 0 Å². The van der Waals surface area contributed by atoms with Crippen molar-refractivity contribution < 1.29 is 0 Å². The largest absolute Gasteiger partial charge is 0.380 e. The van der Waals surface area contributed by atoms with Crippen molar-refractivity contribution in [2.45, 2.75) is 46.1 Å². The van der Waals surface area contributed by atoms with E-state index in [0.29, 0.717) is 26.9 Å². The molecule has 2 aliphatic rings. The molecule has 2 bridgehead atoms. The summed E-state index contributed by atoms with van der Waals surface area (Å²) in [5.41, 5.74) is 1.68. The van der Waals surface area contributed by atoms with Crippen LogP contribution in [0.2, 0.25) is 10.0 Å². The zero-order valence-electron chi connectivity index (χ0n) is 11.8. The molecule has 19 heavy (non-hydrogen) atoms. The van der Waals surface area contributed by atoms with E-state index in [1.54, 1.807) is 0 Å². The third-order valence-corrected chi connectivity index (χ3v) is 6.34. The summed E-state index contributed by atoms with van der Waals surface area (Å²) < 4.78 is 0. The van der Waals surface area contributed by atoms with E-state index in [1.165, 1.54) is 19.3 Å². The predicted molar refractivity (Wildman–Crippen MR) is 83.1 cm³/mol. The quantitative estimate of drug-likeness (QED) is 0.747. The zero-order chi connectivity index (χ0) is 13.8. The van der Waals surface area contributed by atoms with Gasteiger partial charge in [-0.25, -0.2) is 0 Å². The van der Waals surface area contributed by atoms with E-state index < -0.39 is 0 Å². The molecular formula is C16H21Cl2N. The molecule has 0 saturated heterocycles. The van der Waals surface area contributed by atoms with E-state index >= 15 is 0 Å². The van der Waals surface area contributed by atoms with Crippen LogP contribution in [-0.2, 0) is 0 Å². The van der Waals surface area contributed by atoms with Crippen LogP contribution in [0, 0.1) is 16.7 Å². The first-order valence-corrected chi connectivity index (χ1v) is 7.81. The van der Waals surface area contributed by atoms with Gasteiger partial charge in [-0.05, 0) is 48.1 Å². The summed E-state index contributed by atoms with van der Waals surface area (Å²) in [5, 5.41) is 4.96. The summed E-state index contributed by atoms with van der Waals surface area (Å²) in [6.07, 6.45) is 4.01. The van der Waals surface area contributed by atoms with Gasteiger partial charge in [0.1, 0.15) is 0 Å². The molecule has 0 spiro atoms. The maximum absolute atomic E-state index is 6.32. The fourth-order valence-electron chi connectivity index (χ4n) is 4.43. The Balaban J connectivity index is 1.93. The molecule has 3 heteroatoms. The van der Waals surface area contributed by atoms with Gasteiger partial charge in [-0.1, -0.05) is 50.0 Å². The van der Waals surface area contributed by atoms with Gasteiger partial charge in [0, 0.05) is 6.04 Å². The standard InChI is InChI=1S/C16H21Cl2N/c1-15(2)10-7-8-16(3,9-10)14(15)19-12-6-4-5-11(17)13(12)18/h4-6,10,14,19H,7-9H2,1-3H3/t10-,14?,16+/m0/s1. The van der Waals surface area contributed by atoms with E-state index in [4.69, 9.17) is 23.2 Å². The molecule has 3 atom stereocenters. The fourth-order valence-corrected chi connectivity index (χ4v) is 4.79. The highest BCUT2D eigenvalue weighted by Gasteiger charge is 2.59. The lowest BCUT2D eigenvalue weighted by Crippen LogP contribution is -2.45. The normalized spacial score (nSPS) is 35.6. The summed E-state index contributed by atoms with van der Waals surface area (Å²) >= 11 is 12.4. The minimum Gasteiger partial charge on any atom is -0.380 e. The van der Waals surface area contributed by atoms with E-state index in [-0.39, 0.29) is 0 Å². The molecule has 0 amide bonds. The SMILES string of the molecule is CC1(C)C(Nc2cccc(Cl)c2Cl)[C@]2(C)CC[C@H]1C2. The second kappa shape index (κ2) is 4.30. The minimum absolute atomic E-state index is 0.318. The number of fused-ring (bicyclic) bond motifs is 2. The summed E-state index contributed by atoms with van der Waals surface area (Å²) in [5.74, 6) is 0.827. The van der Waals surface area contributed by atoms with Crippen LogP contribution in [0.1, 0.15) is 40.0 Å². The molecule has 1 N–H and O–H groups in total. The number of hydrogen-bond acceptors (Lipinski definition) is 1. The molecule has 1 nitrogen and oxygen atoms in total. The Morgan fingerprint density at radius 2 is 1.95 bits per heavy atom. The average Bonchev–Trinajstić information content (AvgIpc) is 2.81. The van der Waals surface area contributed by atoms with Crippen LogP contribution in [0.3, 0.4) is 0 Å². The van der Waals surface area contributed by atoms with Gasteiger partial charge in [-0.15, -0.1) is 0 Å². The molecule has 1 unspecified atom stereocenters. The van der Waals surface area contributed by atoms with Gasteiger partial charge in [0.25, 0.3) is 0 Å². The Morgan fingerprint density at radius 1 is 1.21 bits per heavy atom. The average molecular weight is 298 g/mol. The van der Waals surface area contributed by atoms with Gasteiger partial charge in [-0.3, -0.25) is 0 Å². The van der Waals surface area contributed by atoms with Gasteiger partial charge in [0.05, 0.1) is 15.7 Å². The van der Waals surface area contributed by atoms with Crippen LogP contribution < -0.4 is 5.32 Å². The summed E-state index contributed by atoms with van der Waals surface area (Å²) in [7, 11) is 0. The van der Waals surface area contributed by atoms with Crippen molar-refractivity contribution in [3.8, 4) is 0 Å². The molecule has 3 rings (SSSR count). The molecule has 2 aliphatic carbocycles. The Kier molecular flexibility index (Phi) is 3.07. The third kappa shape index (κ3) is 1.97. The third-order valence-electron chi connectivity index (χ3n) is 5.52. The topological polar surface area (TPSA) is 12.0 Å². The first-order valence-electron chi connectivity index (χ1n) is 7.05. The van der Waals surface area contributed by atoms with Crippen molar-refractivity contribution in [3.63, 3.8) is 0 Å². The summed E-state index contributed by atoms with van der Waals surface area (Å²) in [4.78, 5) is 0. The highest BCUT2D eigenvalue weighted by Crippen LogP contribution is 2.63. The van der Waals surface area contributed by atoms with E-state index in [9.17, 15) is 0 Å². The highest BCUT2D eigenvalue weighted by atomic mass is 35.5. The lowest BCUT2D eigenvalue weighted by atomic mass is 9.68. The van der Waals surface area contributed by atoms with Gasteiger partial charge in [0.2, 0.25) is 0 Å². The summed E-state index contributed by atoms with van der Waals surface area (Å²) in [6, 6.07) is 6.29. The van der Waals surface area contributed by atoms with Gasteiger partial charge in [0.15, 0.2) is 0 Å². The molecule has 2 saturated carbocycles. The molecule has 0 radical (unpaired) electrons. The Morgan fingerprint density at radius 3 is 2.58 bits per heavy atom. The predicted octanol–water partition coefficient (Wildman–Crippen LogP) is 5.62. The Labute approximate surface area is 125 Å². The number of nitrogens with one attached hydrogen (secondary N) is 1. The lowest BCUT2D eigenvalue weighted by Gasteiger charge is -2.43. The monoisotopic (exact) mass is 297 g/mol. The smallest absolute Gasteiger partial charge is 0.0823 e.